The lowest BCUT2D eigenvalue weighted by atomic mass is 10.3. The zero-order valence-corrected chi connectivity index (χ0v) is 15.2. The van der Waals surface area contributed by atoms with E-state index in [0.717, 1.165) is 0 Å². The summed E-state index contributed by atoms with van der Waals surface area (Å²) in [6, 6.07) is 7.65. The fourth-order valence-electron chi connectivity index (χ4n) is 1.91. The lowest BCUT2D eigenvalue weighted by Gasteiger charge is -2.14. The van der Waals surface area contributed by atoms with E-state index in [0.29, 0.717) is 10.8 Å². The summed E-state index contributed by atoms with van der Waals surface area (Å²) in [5.74, 6) is -0.307. The first-order chi connectivity index (χ1) is 12.0. The molecule has 2 aromatic rings. The minimum absolute atomic E-state index is 0.113. The van der Waals surface area contributed by atoms with Crippen molar-refractivity contribution in [3.8, 4) is 5.75 Å². The summed E-state index contributed by atoms with van der Waals surface area (Å²) in [5, 5.41) is 7.21. The van der Waals surface area contributed by atoms with Crippen molar-refractivity contribution < 1.29 is 19.1 Å². The molecule has 134 valence electrons. The monoisotopic (exact) mass is 383 g/mol. The number of ether oxygens (including phenoxy) is 2. The summed E-state index contributed by atoms with van der Waals surface area (Å²) in [6.45, 7) is 2.03. The molecule has 0 aliphatic heterocycles. The van der Waals surface area contributed by atoms with E-state index < -0.39 is 17.9 Å². The van der Waals surface area contributed by atoms with Crippen LogP contribution in [0, 0.1) is 0 Å². The van der Waals surface area contributed by atoms with E-state index in [1.165, 1.54) is 10.7 Å². The van der Waals surface area contributed by atoms with Crippen molar-refractivity contribution in [1.29, 1.82) is 0 Å². The maximum absolute atomic E-state index is 12.2. The number of esters is 1. The second-order valence-corrected chi connectivity index (χ2v) is 5.73. The van der Waals surface area contributed by atoms with E-state index >= 15 is 0 Å². The van der Waals surface area contributed by atoms with Gasteiger partial charge in [-0.3, -0.25) is 4.79 Å². The Hall–Kier alpha value is -2.19. The second-order valence-electron chi connectivity index (χ2n) is 4.93. The van der Waals surface area contributed by atoms with Crippen LogP contribution in [0.25, 0.3) is 0 Å². The number of rotatable bonds is 8. The molecule has 1 aromatic heterocycles. The molecule has 0 saturated heterocycles. The summed E-state index contributed by atoms with van der Waals surface area (Å²) in [7, 11) is 0. The van der Waals surface area contributed by atoms with Gasteiger partial charge in [0.1, 0.15) is 17.5 Å². The first-order valence-corrected chi connectivity index (χ1v) is 8.54. The van der Waals surface area contributed by atoms with Crippen LogP contribution in [0.2, 0.25) is 5.02 Å². The van der Waals surface area contributed by atoms with Crippen LogP contribution in [0.15, 0.2) is 36.5 Å². The SMILES string of the molecule is CCOC(=O)[C@H](CS)NC(=O)c1ccn(COc2cccc(Cl)c2)n1. The number of carbonyl (C=O) groups excluding carboxylic acids is 2. The highest BCUT2D eigenvalue weighted by Crippen LogP contribution is 2.17. The van der Waals surface area contributed by atoms with Gasteiger partial charge in [-0.2, -0.15) is 17.7 Å². The largest absolute Gasteiger partial charge is 0.471 e. The Morgan fingerprint density at radius 3 is 2.88 bits per heavy atom. The van der Waals surface area contributed by atoms with Gasteiger partial charge in [0.2, 0.25) is 0 Å². The van der Waals surface area contributed by atoms with Crippen LogP contribution in [-0.2, 0) is 16.3 Å². The van der Waals surface area contributed by atoms with Gasteiger partial charge in [-0.25, -0.2) is 9.48 Å². The highest BCUT2D eigenvalue weighted by atomic mass is 35.5. The van der Waals surface area contributed by atoms with Crippen molar-refractivity contribution >= 4 is 36.1 Å². The smallest absolute Gasteiger partial charge is 0.329 e. The number of thiol groups is 1. The van der Waals surface area contributed by atoms with Crippen LogP contribution in [0.3, 0.4) is 0 Å². The normalized spacial score (nSPS) is 11.6. The Bertz CT molecular complexity index is 738. The maximum atomic E-state index is 12.2. The van der Waals surface area contributed by atoms with E-state index in [4.69, 9.17) is 21.1 Å². The third-order valence-corrected chi connectivity index (χ3v) is 3.69. The molecule has 0 bridgehead atoms. The molecule has 0 radical (unpaired) electrons. The number of nitrogens with zero attached hydrogens (tertiary/aromatic N) is 2. The molecule has 1 atom stereocenters. The van der Waals surface area contributed by atoms with Crippen LogP contribution in [-0.4, -0.2) is 40.1 Å². The minimum atomic E-state index is -0.830. The number of hydrogen-bond donors (Lipinski definition) is 2. The van der Waals surface area contributed by atoms with Gasteiger partial charge in [0.05, 0.1) is 6.61 Å². The number of hydrogen-bond acceptors (Lipinski definition) is 6. The molecule has 1 aromatic carbocycles. The van der Waals surface area contributed by atoms with Crippen molar-refractivity contribution in [3.05, 3.63) is 47.2 Å². The van der Waals surface area contributed by atoms with Crippen LogP contribution in [0.5, 0.6) is 5.75 Å². The van der Waals surface area contributed by atoms with Crippen LogP contribution < -0.4 is 10.1 Å². The van der Waals surface area contributed by atoms with Gasteiger partial charge in [-0.1, -0.05) is 17.7 Å². The predicted octanol–water partition coefficient (Wildman–Crippen LogP) is 2.16. The molecular weight excluding hydrogens is 366 g/mol. The molecule has 7 nitrogen and oxygen atoms in total. The fourth-order valence-corrected chi connectivity index (χ4v) is 2.33. The zero-order valence-electron chi connectivity index (χ0n) is 13.5. The van der Waals surface area contributed by atoms with Crippen molar-refractivity contribution in [1.82, 2.24) is 15.1 Å². The molecule has 0 fully saturated rings. The quantitative estimate of drug-likeness (QED) is 0.539. The molecule has 1 N–H and O–H groups in total. The van der Waals surface area contributed by atoms with Gasteiger partial charge in [0.25, 0.3) is 5.91 Å². The number of amides is 1. The minimum Gasteiger partial charge on any atom is -0.471 e. The van der Waals surface area contributed by atoms with Gasteiger partial charge < -0.3 is 14.8 Å². The Morgan fingerprint density at radius 2 is 2.20 bits per heavy atom. The highest BCUT2D eigenvalue weighted by molar-refractivity contribution is 7.80. The van der Waals surface area contributed by atoms with Gasteiger partial charge in [-0.15, -0.1) is 0 Å². The number of halogens is 1. The lowest BCUT2D eigenvalue weighted by molar-refractivity contribution is -0.144. The van der Waals surface area contributed by atoms with E-state index in [1.54, 1.807) is 37.4 Å². The van der Waals surface area contributed by atoms with E-state index in [1.807, 2.05) is 0 Å². The number of benzene rings is 1. The van der Waals surface area contributed by atoms with Crippen LogP contribution in [0.1, 0.15) is 17.4 Å². The average Bonchev–Trinajstić information content (AvgIpc) is 3.07. The zero-order chi connectivity index (χ0) is 18.2. The summed E-state index contributed by atoms with van der Waals surface area (Å²) >= 11 is 9.93. The van der Waals surface area contributed by atoms with Gasteiger partial charge in [0, 0.05) is 17.0 Å². The predicted molar refractivity (Wildman–Crippen MR) is 96.0 cm³/mol. The van der Waals surface area contributed by atoms with Crippen molar-refractivity contribution in [2.45, 2.75) is 19.7 Å². The summed E-state index contributed by atoms with van der Waals surface area (Å²) in [5.41, 5.74) is 0.158. The highest BCUT2D eigenvalue weighted by Gasteiger charge is 2.22. The van der Waals surface area contributed by atoms with Crippen LogP contribution >= 0.6 is 24.2 Å². The Labute approximate surface area is 155 Å². The molecule has 0 aliphatic carbocycles. The van der Waals surface area contributed by atoms with E-state index in [-0.39, 0.29) is 24.8 Å². The second kappa shape index (κ2) is 9.33. The third kappa shape index (κ3) is 5.68. The van der Waals surface area contributed by atoms with Gasteiger partial charge in [0.15, 0.2) is 6.73 Å². The lowest BCUT2D eigenvalue weighted by Crippen LogP contribution is -2.43. The maximum Gasteiger partial charge on any atom is 0.329 e. The standard InChI is InChI=1S/C16H18ClN3O4S/c1-2-23-16(22)14(9-25)18-15(21)13-6-7-20(19-13)10-24-12-5-3-4-11(17)8-12/h3-8,14,25H,2,9-10H2,1H3,(H,18,21)/t14-/m0/s1. The average molecular weight is 384 g/mol. The molecule has 1 heterocycles. The molecule has 0 spiro atoms. The third-order valence-electron chi connectivity index (χ3n) is 3.09. The van der Waals surface area contributed by atoms with Gasteiger partial charge >= 0.3 is 5.97 Å². The van der Waals surface area contributed by atoms with Crippen molar-refractivity contribution in [2.75, 3.05) is 12.4 Å². The molecule has 0 aliphatic rings. The fraction of sp³-hybridized carbons (Fsp3) is 0.312. The van der Waals surface area contributed by atoms with Crippen LogP contribution in [0.4, 0.5) is 0 Å². The van der Waals surface area contributed by atoms with Crippen molar-refractivity contribution in [2.24, 2.45) is 0 Å². The topological polar surface area (TPSA) is 82.5 Å². The van der Waals surface area contributed by atoms with Crippen molar-refractivity contribution in [3.63, 3.8) is 0 Å². The summed E-state index contributed by atoms with van der Waals surface area (Å²) in [4.78, 5) is 23.9. The Morgan fingerprint density at radius 1 is 1.40 bits per heavy atom. The molecule has 1 amide bonds. The molecule has 2 rings (SSSR count). The molecule has 25 heavy (non-hydrogen) atoms. The molecule has 0 unspecified atom stereocenters. The van der Waals surface area contributed by atoms with Gasteiger partial charge in [-0.05, 0) is 31.2 Å². The Balaban J connectivity index is 1.93. The first kappa shape index (κ1) is 19.1. The summed E-state index contributed by atoms with van der Waals surface area (Å²) in [6.07, 6.45) is 1.60. The van der Waals surface area contributed by atoms with E-state index in [9.17, 15) is 9.59 Å². The first-order valence-electron chi connectivity index (χ1n) is 7.53. The molecular formula is C16H18ClN3O4S. The molecule has 0 saturated carbocycles. The van der Waals surface area contributed by atoms with E-state index in [2.05, 4.69) is 23.0 Å². The number of carbonyl (C=O) groups is 2. The number of nitrogens with one attached hydrogen (secondary N) is 1. The Kier molecular flexibility index (Phi) is 7.15. The number of aromatic nitrogens is 2. The molecule has 9 heteroatoms. The summed E-state index contributed by atoms with van der Waals surface area (Å²) < 4.78 is 11.9.